The monoisotopic (exact) mass is 1740 g/mol. The highest BCUT2D eigenvalue weighted by Gasteiger charge is 2.95. The van der Waals surface area contributed by atoms with Crippen molar-refractivity contribution in [1.82, 2.24) is 19.0 Å². The topological polar surface area (TPSA) is 228 Å². The molecular weight excluding hydrogens is 1680 g/mol. The van der Waals surface area contributed by atoms with Crippen LogP contribution in [0.4, 0.5) is 71.5 Å². The van der Waals surface area contributed by atoms with Gasteiger partial charge in [0.05, 0.1) is 50.4 Å². The number of esters is 1. The van der Waals surface area contributed by atoms with Crippen molar-refractivity contribution in [2.45, 2.75) is 170 Å². The van der Waals surface area contributed by atoms with E-state index < -0.39 is 184 Å². The van der Waals surface area contributed by atoms with Crippen molar-refractivity contribution in [3.05, 3.63) is 21.8 Å². The van der Waals surface area contributed by atoms with Gasteiger partial charge in [0.25, 0.3) is 27.7 Å². The van der Waals surface area contributed by atoms with Crippen molar-refractivity contribution in [1.29, 1.82) is 0 Å². The molecular formula is C53H67F15I3N5O17S. The van der Waals surface area contributed by atoms with Gasteiger partial charge in [0.15, 0.2) is 23.1 Å². The predicted octanol–water partition coefficient (Wildman–Crippen LogP) is 8.49. The van der Waals surface area contributed by atoms with Crippen molar-refractivity contribution < 1.29 is 146 Å². The maximum Gasteiger partial charge on any atom is 0.460 e. The zero-order valence-electron chi connectivity index (χ0n) is 51.8. The Bertz CT molecular complexity index is 2980. The van der Waals surface area contributed by atoms with E-state index in [0.717, 1.165) is 4.90 Å². The summed E-state index contributed by atoms with van der Waals surface area (Å²) in [4.78, 5) is 78.0. The molecule has 0 saturated carbocycles. The van der Waals surface area contributed by atoms with Gasteiger partial charge in [-0.1, -0.05) is 0 Å². The fraction of sp³-hybridized carbons (Fsp3) is 0.792. The molecule has 1 aromatic carbocycles. The van der Waals surface area contributed by atoms with Crippen LogP contribution in [0.25, 0.3) is 0 Å². The van der Waals surface area contributed by atoms with Gasteiger partial charge in [0.2, 0.25) is 5.91 Å². The van der Waals surface area contributed by atoms with Crippen LogP contribution in [0.3, 0.4) is 0 Å². The summed E-state index contributed by atoms with van der Waals surface area (Å²) in [6, 6.07) is 0. The first-order valence-electron chi connectivity index (χ1n) is 28.1. The number of halogens is 18. The lowest BCUT2D eigenvalue weighted by Gasteiger charge is -2.42. The molecule has 5 aliphatic rings. The fourth-order valence-electron chi connectivity index (χ4n) is 10.1. The van der Waals surface area contributed by atoms with E-state index in [4.69, 9.17) is 47.4 Å². The number of sulfonamides is 1. The zero-order valence-corrected chi connectivity index (χ0v) is 59.1. The summed E-state index contributed by atoms with van der Waals surface area (Å²) < 4.78 is 293. The van der Waals surface area contributed by atoms with Gasteiger partial charge < -0.3 is 62.1 Å². The number of piperazine rings is 1. The highest BCUT2D eigenvalue weighted by molar-refractivity contribution is 14.1. The Morgan fingerprint density at radius 1 is 0.521 bits per heavy atom. The van der Waals surface area contributed by atoms with Gasteiger partial charge in [-0.25, -0.2) is 8.42 Å². The van der Waals surface area contributed by atoms with Crippen LogP contribution in [-0.2, 0) is 71.8 Å². The molecule has 0 aliphatic carbocycles. The van der Waals surface area contributed by atoms with Crippen molar-refractivity contribution in [3.8, 4) is 0 Å². The van der Waals surface area contributed by atoms with Crippen LogP contribution in [0, 0.1) is 10.7 Å². The van der Waals surface area contributed by atoms with Crippen LogP contribution in [0.5, 0.6) is 0 Å². The zero-order chi connectivity index (χ0) is 71.7. The molecule has 0 N–H and O–H groups in total. The third-order valence-corrected chi connectivity index (χ3v) is 19.7. The fourth-order valence-corrected chi connectivity index (χ4v) is 16.2. The maximum atomic E-state index is 15.7. The minimum absolute atomic E-state index is 0.0151. The Labute approximate surface area is 569 Å². The number of hydrogen-bond acceptors (Lipinski definition) is 17. The molecule has 41 heteroatoms. The molecule has 4 atom stereocenters. The molecule has 538 valence electrons. The summed E-state index contributed by atoms with van der Waals surface area (Å²) in [5, 5.41) is -7.69. The van der Waals surface area contributed by atoms with Crippen LogP contribution >= 0.6 is 67.8 Å². The van der Waals surface area contributed by atoms with Gasteiger partial charge >= 0.3 is 47.0 Å². The molecule has 4 unspecified atom stereocenters. The second kappa shape index (κ2) is 28.0. The molecule has 4 amide bonds. The number of carbonyl (C=O) groups excluding carboxylic acids is 5. The molecule has 0 bridgehead atoms. The van der Waals surface area contributed by atoms with E-state index in [0.29, 0.717) is 4.90 Å². The summed E-state index contributed by atoms with van der Waals surface area (Å²) in [6.45, 7) is 8.06. The molecule has 0 aromatic heterocycles. The third kappa shape index (κ3) is 16.8. The number of hydrogen-bond donors (Lipinski definition) is 0. The smallest absolute Gasteiger partial charge is 0.459 e. The van der Waals surface area contributed by atoms with Crippen LogP contribution < -0.4 is 4.90 Å². The van der Waals surface area contributed by atoms with E-state index in [-0.39, 0.29) is 80.1 Å². The Kier molecular flexibility index (Phi) is 23.9. The number of ether oxygens (including phenoxy) is 10. The second-order valence-electron chi connectivity index (χ2n) is 25.0. The largest absolute Gasteiger partial charge is 0.460 e. The van der Waals surface area contributed by atoms with Gasteiger partial charge in [-0.2, -0.15) is 70.2 Å². The van der Waals surface area contributed by atoms with Crippen molar-refractivity contribution in [2.24, 2.45) is 0 Å². The van der Waals surface area contributed by atoms with Gasteiger partial charge in [-0.3, -0.25) is 28.9 Å². The Morgan fingerprint density at radius 3 is 1.18 bits per heavy atom. The van der Waals surface area contributed by atoms with E-state index in [1.807, 2.05) is 22.6 Å². The van der Waals surface area contributed by atoms with Gasteiger partial charge in [-0.15, -0.1) is 0 Å². The summed E-state index contributed by atoms with van der Waals surface area (Å²) in [7, 11) is -7.55. The van der Waals surface area contributed by atoms with E-state index in [1.54, 1.807) is 101 Å². The van der Waals surface area contributed by atoms with Crippen LogP contribution in [0.15, 0.2) is 0 Å². The lowest BCUT2D eigenvalue weighted by atomic mass is 9.94. The highest BCUT2D eigenvalue weighted by Crippen LogP contribution is 2.63. The lowest BCUT2D eigenvalue weighted by Crippen LogP contribution is -2.74. The molecule has 0 spiro atoms. The van der Waals surface area contributed by atoms with E-state index >= 15 is 18.4 Å². The summed E-state index contributed by atoms with van der Waals surface area (Å²) in [6.07, 6.45) is -10.9. The normalized spacial score (nSPS) is 23.2. The number of carbonyl (C=O) groups is 5. The van der Waals surface area contributed by atoms with Crippen molar-refractivity contribution >= 4 is 113 Å². The Balaban J connectivity index is 1.35. The standard InChI is InChI=1S/C53H67F15I3N5O17S/c1-42(2,3)93-33(79)20-76(32(78)26-84-25-31(77)72-12-14-75(15-13-72)94(82,83)53(67,68)51(62,63)49(58,59)47(54,55)48(56,57)50(60,61)52(64,65)66)39-37(70)34(40(80)73(16-27-21-85-43(4,5)89-27)17-28-22-86-44(6,7)90-28)36(69)35(38(39)71)41(81)74(18-29-23-87-45(8,9)91-29)19-30-24-88-46(10,11)92-30/h27-30H,12-26H2,1-11H3. The number of rotatable bonds is 24. The number of nitrogens with zero attached hydrogens (tertiary/aromatic N) is 5. The van der Waals surface area contributed by atoms with E-state index in [9.17, 15) is 79.9 Å². The first-order chi connectivity index (χ1) is 42.4. The second-order valence-corrected chi connectivity index (χ2v) is 30.2. The van der Waals surface area contributed by atoms with Crippen molar-refractivity contribution in [3.63, 3.8) is 0 Å². The van der Waals surface area contributed by atoms with E-state index in [2.05, 4.69) is 0 Å². The lowest BCUT2D eigenvalue weighted by molar-refractivity contribution is -0.447. The molecule has 5 saturated heterocycles. The third-order valence-electron chi connectivity index (χ3n) is 14.5. The van der Waals surface area contributed by atoms with E-state index in [1.165, 1.54) is 30.6 Å². The Hall–Kier alpha value is -2.74. The quantitative estimate of drug-likeness (QED) is 0.0537. The summed E-state index contributed by atoms with van der Waals surface area (Å²) in [5.41, 5.74) is -1.93. The van der Waals surface area contributed by atoms with Crippen molar-refractivity contribution in [2.75, 3.05) is 103 Å². The minimum atomic E-state index is -8.75. The SMILES string of the molecule is CC(C)(C)OC(=O)CN(C(=O)COCC(=O)N1CCN(S(=O)(=O)C(F)(F)C(F)(F)C(F)(F)C(F)(F)C(F)(F)C(F)(F)C(F)(F)F)CC1)c1c(I)c(C(=O)N(CC2COC(C)(C)O2)CC2COC(C)(C)O2)c(I)c(C(=O)N(CC2COC(C)(C)O2)CC2COC(C)(C)O2)c1I. The van der Waals surface area contributed by atoms with Gasteiger partial charge in [-0.05, 0) is 144 Å². The molecule has 94 heavy (non-hydrogen) atoms. The molecule has 5 aliphatic heterocycles. The predicted molar refractivity (Wildman–Crippen MR) is 318 cm³/mol. The minimum Gasteiger partial charge on any atom is -0.459 e. The molecule has 5 heterocycles. The average Bonchev–Trinajstić information content (AvgIpc) is 0.980. The van der Waals surface area contributed by atoms with Gasteiger partial charge in [0.1, 0.15) is 49.8 Å². The van der Waals surface area contributed by atoms with Crippen LogP contribution in [0.1, 0.15) is 96.9 Å². The number of benzene rings is 1. The first kappa shape index (κ1) is 80.2. The van der Waals surface area contributed by atoms with Gasteiger partial charge in [0, 0.05) is 55.9 Å². The van der Waals surface area contributed by atoms with Crippen LogP contribution in [0.2, 0.25) is 0 Å². The number of anilines is 1. The summed E-state index contributed by atoms with van der Waals surface area (Å²) >= 11 is 5.30. The van der Waals surface area contributed by atoms with Crippen LogP contribution in [-0.4, -0.2) is 250 Å². The molecule has 22 nitrogen and oxygen atoms in total. The molecule has 6 rings (SSSR count). The first-order valence-corrected chi connectivity index (χ1v) is 32.8. The number of alkyl halides is 15. The highest BCUT2D eigenvalue weighted by atomic mass is 127. The number of amides is 4. The molecule has 5 fully saturated rings. The Morgan fingerprint density at radius 2 is 0.862 bits per heavy atom. The molecule has 0 radical (unpaired) electrons. The average molecular weight is 1740 g/mol. The maximum absolute atomic E-state index is 15.7. The molecule has 1 aromatic rings. The summed E-state index contributed by atoms with van der Waals surface area (Å²) in [5.74, 6) is -52.2.